The highest BCUT2D eigenvalue weighted by atomic mass is 35.5. The fourth-order valence-electron chi connectivity index (χ4n) is 5.51. The SMILES string of the molecule is Cc1cc(S(=O)(=O)N2c3ccccc3NC(=O)[C@H]2CC(=O)N[C@H](Cc2ccccc2)C(=O)N2CCCC2)c(C)cc1Cl. The minimum atomic E-state index is -4.32. The van der Waals surface area contributed by atoms with E-state index in [2.05, 4.69) is 10.6 Å². The van der Waals surface area contributed by atoms with Gasteiger partial charge in [0.2, 0.25) is 17.7 Å². The van der Waals surface area contributed by atoms with E-state index in [9.17, 15) is 22.8 Å². The van der Waals surface area contributed by atoms with Crippen molar-refractivity contribution in [3.8, 4) is 0 Å². The van der Waals surface area contributed by atoms with E-state index >= 15 is 0 Å². The van der Waals surface area contributed by atoms with Gasteiger partial charge in [0.1, 0.15) is 12.1 Å². The zero-order valence-electron chi connectivity index (χ0n) is 23.5. The molecule has 0 saturated carbocycles. The van der Waals surface area contributed by atoms with Gasteiger partial charge in [0.05, 0.1) is 22.7 Å². The Labute approximate surface area is 250 Å². The minimum Gasteiger partial charge on any atom is -0.344 e. The van der Waals surface area contributed by atoms with Crippen LogP contribution < -0.4 is 14.9 Å². The van der Waals surface area contributed by atoms with Crippen LogP contribution in [-0.2, 0) is 30.8 Å². The molecule has 2 aliphatic rings. The Morgan fingerprint density at radius 1 is 1.00 bits per heavy atom. The highest BCUT2D eigenvalue weighted by Gasteiger charge is 2.43. The van der Waals surface area contributed by atoms with E-state index in [0.717, 1.165) is 22.7 Å². The van der Waals surface area contributed by atoms with Gasteiger partial charge in [-0.2, -0.15) is 0 Å². The van der Waals surface area contributed by atoms with Crippen LogP contribution in [-0.4, -0.2) is 56.2 Å². The van der Waals surface area contributed by atoms with Gasteiger partial charge in [0.15, 0.2) is 0 Å². The number of fused-ring (bicyclic) bond motifs is 1. The summed E-state index contributed by atoms with van der Waals surface area (Å²) >= 11 is 6.25. The van der Waals surface area contributed by atoms with Crippen LogP contribution in [0.1, 0.15) is 36.0 Å². The fraction of sp³-hybridized carbons (Fsp3) is 0.323. The first-order valence-electron chi connectivity index (χ1n) is 13.9. The molecule has 5 rings (SSSR count). The number of aryl methyl sites for hydroxylation is 2. The zero-order chi connectivity index (χ0) is 30.0. The van der Waals surface area contributed by atoms with Gasteiger partial charge in [0.25, 0.3) is 10.0 Å². The van der Waals surface area contributed by atoms with Crippen LogP contribution in [0.4, 0.5) is 11.4 Å². The molecular formula is C31H33ClN4O5S. The van der Waals surface area contributed by atoms with Gasteiger partial charge in [-0.15, -0.1) is 0 Å². The Hall–Kier alpha value is -3.89. The summed E-state index contributed by atoms with van der Waals surface area (Å²) in [6.07, 6.45) is 1.59. The van der Waals surface area contributed by atoms with E-state index in [4.69, 9.17) is 11.6 Å². The topological polar surface area (TPSA) is 116 Å². The van der Waals surface area contributed by atoms with Crippen molar-refractivity contribution < 1.29 is 22.8 Å². The summed E-state index contributed by atoms with van der Waals surface area (Å²) < 4.78 is 29.5. The molecule has 3 aromatic carbocycles. The number of hydrogen-bond acceptors (Lipinski definition) is 5. The van der Waals surface area contributed by atoms with Gasteiger partial charge in [-0.25, -0.2) is 8.42 Å². The van der Waals surface area contributed by atoms with Crippen LogP contribution in [0.5, 0.6) is 0 Å². The van der Waals surface area contributed by atoms with Crippen molar-refractivity contribution >= 4 is 50.7 Å². The number of benzene rings is 3. The Bertz CT molecular complexity index is 1620. The third-order valence-electron chi connectivity index (χ3n) is 7.69. The molecule has 42 heavy (non-hydrogen) atoms. The summed E-state index contributed by atoms with van der Waals surface area (Å²) in [7, 11) is -4.32. The highest BCUT2D eigenvalue weighted by Crippen LogP contribution is 2.38. The maximum atomic E-state index is 14.2. The maximum Gasteiger partial charge on any atom is 0.265 e. The Morgan fingerprint density at radius 3 is 2.38 bits per heavy atom. The number of nitrogens with zero attached hydrogens (tertiary/aromatic N) is 2. The summed E-state index contributed by atoms with van der Waals surface area (Å²) in [5.74, 6) is -1.44. The molecule has 1 saturated heterocycles. The van der Waals surface area contributed by atoms with Crippen LogP contribution in [0.15, 0.2) is 71.6 Å². The molecule has 3 aromatic rings. The van der Waals surface area contributed by atoms with Crippen LogP contribution >= 0.6 is 11.6 Å². The lowest BCUT2D eigenvalue weighted by Crippen LogP contribution is -2.55. The second-order valence-electron chi connectivity index (χ2n) is 10.7. The number of amides is 3. The monoisotopic (exact) mass is 608 g/mol. The summed E-state index contributed by atoms with van der Waals surface area (Å²) in [6, 6.07) is 16.7. The van der Waals surface area contributed by atoms with E-state index in [1.807, 2.05) is 30.3 Å². The summed E-state index contributed by atoms with van der Waals surface area (Å²) in [5, 5.41) is 5.99. The first-order valence-corrected chi connectivity index (χ1v) is 15.7. The Balaban J connectivity index is 1.47. The van der Waals surface area contributed by atoms with Gasteiger partial charge < -0.3 is 15.5 Å². The molecule has 0 aliphatic carbocycles. The molecule has 220 valence electrons. The van der Waals surface area contributed by atoms with Crippen molar-refractivity contribution in [2.24, 2.45) is 0 Å². The summed E-state index contributed by atoms with van der Waals surface area (Å²) in [5.41, 5.74) is 2.41. The molecule has 1 fully saturated rings. The van der Waals surface area contributed by atoms with Crippen LogP contribution in [0.3, 0.4) is 0 Å². The number of para-hydroxylation sites is 2. The first-order chi connectivity index (χ1) is 20.1. The van der Waals surface area contributed by atoms with Gasteiger partial charge in [-0.1, -0.05) is 54.1 Å². The number of rotatable bonds is 8. The van der Waals surface area contributed by atoms with Crippen molar-refractivity contribution in [1.82, 2.24) is 10.2 Å². The average molecular weight is 609 g/mol. The number of likely N-dealkylation sites (tertiary alicyclic amines) is 1. The van der Waals surface area contributed by atoms with Crippen LogP contribution in [0.2, 0.25) is 5.02 Å². The third-order valence-corrected chi connectivity index (χ3v) is 10.1. The molecule has 3 amide bonds. The molecule has 2 N–H and O–H groups in total. The van der Waals surface area contributed by atoms with Crippen molar-refractivity contribution in [3.63, 3.8) is 0 Å². The van der Waals surface area contributed by atoms with Crippen molar-refractivity contribution in [2.45, 2.75) is 56.5 Å². The largest absolute Gasteiger partial charge is 0.344 e. The smallest absolute Gasteiger partial charge is 0.265 e. The number of hydrogen-bond donors (Lipinski definition) is 2. The third kappa shape index (κ3) is 6.00. The van der Waals surface area contributed by atoms with E-state index < -0.39 is 40.3 Å². The molecule has 0 radical (unpaired) electrons. The fourth-order valence-corrected chi connectivity index (χ4v) is 7.65. The lowest BCUT2D eigenvalue weighted by molar-refractivity contribution is -0.135. The van der Waals surface area contributed by atoms with Crippen molar-refractivity contribution in [2.75, 3.05) is 22.7 Å². The molecule has 11 heteroatoms. The molecular weight excluding hydrogens is 576 g/mol. The Morgan fingerprint density at radius 2 is 1.67 bits per heavy atom. The lowest BCUT2D eigenvalue weighted by atomic mass is 10.0. The quantitative estimate of drug-likeness (QED) is 0.397. The molecule has 0 bridgehead atoms. The molecule has 0 aromatic heterocycles. The van der Waals surface area contributed by atoms with E-state index in [-0.39, 0.29) is 22.9 Å². The predicted molar refractivity (Wildman–Crippen MR) is 162 cm³/mol. The number of carbonyl (C=O) groups is 3. The van der Waals surface area contributed by atoms with Crippen molar-refractivity contribution in [1.29, 1.82) is 0 Å². The van der Waals surface area contributed by atoms with Gasteiger partial charge in [0, 0.05) is 24.5 Å². The van der Waals surface area contributed by atoms with Gasteiger partial charge in [-0.05, 0) is 67.6 Å². The summed E-state index contributed by atoms with van der Waals surface area (Å²) in [4.78, 5) is 42.1. The number of halogens is 1. The molecule has 0 spiro atoms. The second kappa shape index (κ2) is 12.1. The zero-order valence-corrected chi connectivity index (χ0v) is 25.0. The number of nitrogens with one attached hydrogen (secondary N) is 2. The first kappa shape index (κ1) is 29.6. The number of carbonyl (C=O) groups excluding carboxylic acids is 3. The highest BCUT2D eigenvalue weighted by molar-refractivity contribution is 7.93. The second-order valence-corrected chi connectivity index (χ2v) is 12.9. The maximum absolute atomic E-state index is 14.2. The molecule has 9 nitrogen and oxygen atoms in total. The lowest BCUT2D eigenvalue weighted by Gasteiger charge is -2.37. The molecule has 0 unspecified atom stereocenters. The van der Waals surface area contributed by atoms with E-state index in [1.165, 1.54) is 6.07 Å². The van der Waals surface area contributed by atoms with Gasteiger partial charge >= 0.3 is 0 Å². The Kier molecular flexibility index (Phi) is 8.56. The normalized spacial score (nSPS) is 17.4. The average Bonchev–Trinajstić information content (AvgIpc) is 3.50. The molecule has 2 aliphatic heterocycles. The van der Waals surface area contributed by atoms with E-state index in [1.54, 1.807) is 49.1 Å². The number of anilines is 2. The standard InChI is InChI=1S/C31H33ClN4O5S/c1-20-17-28(21(2)16-23(20)32)42(40,41)36-26-13-7-6-12-24(26)34-30(38)27(36)19-29(37)33-25(18-22-10-4-3-5-11-22)31(39)35-14-8-9-15-35/h3-7,10-13,16-17,25,27H,8-9,14-15,18-19H2,1-2H3,(H,33,37)(H,34,38)/t25-,27-/m1/s1. The van der Waals surface area contributed by atoms with Crippen LogP contribution in [0, 0.1) is 13.8 Å². The molecule has 2 atom stereocenters. The number of sulfonamides is 1. The van der Waals surface area contributed by atoms with Crippen molar-refractivity contribution in [3.05, 3.63) is 88.4 Å². The minimum absolute atomic E-state index is 0.00882. The van der Waals surface area contributed by atoms with Crippen LogP contribution in [0.25, 0.3) is 0 Å². The van der Waals surface area contributed by atoms with E-state index in [0.29, 0.717) is 34.9 Å². The van der Waals surface area contributed by atoms with Gasteiger partial charge in [-0.3, -0.25) is 18.7 Å². The summed E-state index contributed by atoms with van der Waals surface area (Å²) in [6.45, 7) is 4.57. The predicted octanol–water partition coefficient (Wildman–Crippen LogP) is 4.21. The molecule has 2 heterocycles.